The summed E-state index contributed by atoms with van der Waals surface area (Å²) in [6, 6.07) is 9.36. The molecule has 0 N–H and O–H groups in total. The highest BCUT2D eigenvalue weighted by molar-refractivity contribution is 7.13. The van der Waals surface area contributed by atoms with Gasteiger partial charge in [0.25, 0.3) is 5.91 Å². The van der Waals surface area contributed by atoms with E-state index in [9.17, 15) is 4.79 Å². The molecule has 26 heavy (non-hydrogen) atoms. The summed E-state index contributed by atoms with van der Waals surface area (Å²) in [7, 11) is 1.62. The number of nitrogens with zero attached hydrogens (tertiary/aromatic N) is 4. The van der Waals surface area contributed by atoms with Gasteiger partial charge in [0.15, 0.2) is 10.8 Å². The van der Waals surface area contributed by atoms with Crippen LogP contribution in [-0.2, 0) is 6.54 Å². The molecule has 0 spiro atoms. The summed E-state index contributed by atoms with van der Waals surface area (Å²) < 4.78 is 5.17. The first-order chi connectivity index (χ1) is 12.7. The van der Waals surface area contributed by atoms with E-state index in [4.69, 9.17) is 4.74 Å². The van der Waals surface area contributed by atoms with Crippen molar-refractivity contribution in [3.63, 3.8) is 0 Å². The first kappa shape index (κ1) is 17.8. The summed E-state index contributed by atoms with van der Waals surface area (Å²) in [4.78, 5) is 27.3. The first-order valence-electron chi connectivity index (χ1n) is 7.97. The van der Waals surface area contributed by atoms with E-state index in [-0.39, 0.29) is 5.91 Å². The van der Waals surface area contributed by atoms with E-state index in [0.717, 1.165) is 11.3 Å². The van der Waals surface area contributed by atoms with E-state index in [1.54, 1.807) is 41.9 Å². The van der Waals surface area contributed by atoms with Gasteiger partial charge in [-0.1, -0.05) is 18.2 Å². The highest BCUT2D eigenvalue weighted by Gasteiger charge is 2.19. The molecule has 0 atom stereocenters. The van der Waals surface area contributed by atoms with Gasteiger partial charge in [0.05, 0.1) is 7.11 Å². The summed E-state index contributed by atoms with van der Waals surface area (Å²) in [5, 5.41) is 2.36. The van der Waals surface area contributed by atoms with E-state index >= 15 is 0 Å². The van der Waals surface area contributed by atoms with E-state index < -0.39 is 0 Å². The molecule has 0 aliphatic carbocycles. The normalized spacial score (nSPS) is 10.3. The molecule has 3 aromatic rings. The standard InChI is InChI=1S/C19H18N4O2S/c1-3-11-23(12-14-5-7-15(25-2)8-6-14)19(24)16-13-26-18(22-16)17-20-9-4-10-21-17/h3-10,13H,1,11-12H2,2H3. The first-order valence-corrected chi connectivity index (χ1v) is 8.85. The molecule has 0 aliphatic rings. The number of carbonyl (C=O) groups excluding carboxylic acids is 1. The molecule has 2 heterocycles. The third-order valence-electron chi connectivity index (χ3n) is 3.65. The molecule has 2 aromatic heterocycles. The van der Waals surface area contributed by atoms with E-state index in [1.165, 1.54) is 11.3 Å². The second-order valence-electron chi connectivity index (χ2n) is 5.43. The Balaban J connectivity index is 1.78. The van der Waals surface area contributed by atoms with Gasteiger partial charge < -0.3 is 9.64 Å². The summed E-state index contributed by atoms with van der Waals surface area (Å²) in [5.41, 5.74) is 1.38. The van der Waals surface area contributed by atoms with Crippen LogP contribution in [0.2, 0.25) is 0 Å². The third kappa shape index (κ3) is 4.12. The molecule has 0 saturated heterocycles. The van der Waals surface area contributed by atoms with Gasteiger partial charge in [0.1, 0.15) is 11.4 Å². The highest BCUT2D eigenvalue weighted by atomic mass is 32.1. The zero-order valence-corrected chi connectivity index (χ0v) is 15.1. The molecular weight excluding hydrogens is 348 g/mol. The lowest BCUT2D eigenvalue weighted by molar-refractivity contribution is 0.0757. The number of benzene rings is 1. The molecule has 0 aliphatic heterocycles. The smallest absolute Gasteiger partial charge is 0.273 e. The zero-order chi connectivity index (χ0) is 18.4. The summed E-state index contributed by atoms with van der Waals surface area (Å²) in [5.74, 6) is 1.14. The predicted molar refractivity (Wildman–Crippen MR) is 101 cm³/mol. The lowest BCUT2D eigenvalue weighted by Crippen LogP contribution is -2.31. The molecule has 7 heteroatoms. The van der Waals surface area contributed by atoms with E-state index in [1.807, 2.05) is 24.3 Å². The van der Waals surface area contributed by atoms with Crippen molar-refractivity contribution in [2.75, 3.05) is 13.7 Å². The van der Waals surface area contributed by atoms with Crippen LogP contribution in [0.15, 0.2) is 60.8 Å². The second-order valence-corrected chi connectivity index (χ2v) is 6.29. The van der Waals surface area contributed by atoms with Crippen molar-refractivity contribution in [1.29, 1.82) is 0 Å². The van der Waals surface area contributed by atoms with Gasteiger partial charge in [-0.2, -0.15) is 0 Å². The third-order valence-corrected chi connectivity index (χ3v) is 4.49. The van der Waals surface area contributed by atoms with Gasteiger partial charge in [-0.15, -0.1) is 17.9 Å². The summed E-state index contributed by atoms with van der Waals surface area (Å²) >= 11 is 1.35. The molecule has 0 unspecified atom stereocenters. The fourth-order valence-electron chi connectivity index (χ4n) is 2.37. The van der Waals surface area contributed by atoms with Gasteiger partial charge in [0.2, 0.25) is 0 Å². The largest absolute Gasteiger partial charge is 0.497 e. The van der Waals surface area contributed by atoms with Crippen molar-refractivity contribution in [2.24, 2.45) is 0 Å². The minimum Gasteiger partial charge on any atom is -0.497 e. The summed E-state index contributed by atoms with van der Waals surface area (Å²) in [6.45, 7) is 4.64. The summed E-state index contributed by atoms with van der Waals surface area (Å²) in [6.07, 6.45) is 5.01. The number of carbonyl (C=O) groups is 1. The number of methoxy groups -OCH3 is 1. The van der Waals surface area contributed by atoms with Crippen molar-refractivity contribution < 1.29 is 9.53 Å². The number of amides is 1. The molecule has 132 valence electrons. The van der Waals surface area contributed by atoms with E-state index in [2.05, 4.69) is 21.5 Å². The lowest BCUT2D eigenvalue weighted by Gasteiger charge is -2.20. The van der Waals surface area contributed by atoms with Crippen LogP contribution in [0.1, 0.15) is 16.1 Å². The van der Waals surface area contributed by atoms with Crippen molar-refractivity contribution in [2.45, 2.75) is 6.54 Å². The molecule has 6 nitrogen and oxygen atoms in total. The topological polar surface area (TPSA) is 68.2 Å². The van der Waals surface area contributed by atoms with Crippen molar-refractivity contribution >= 4 is 17.2 Å². The van der Waals surface area contributed by atoms with Gasteiger partial charge in [-0.3, -0.25) is 4.79 Å². The molecule has 3 rings (SSSR count). The SMILES string of the molecule is C=CCN(Cc1ccc(OC)cc1)C(=O)c1csc(-c2ncccn2)n1. The maximum atomic E-state index is 12.9. The Bertz CT molecular complexity index is 878. The Kier molecular flexibility index (Phi) is 5.70. The predicted octanol–water partition coefficient (Wildman–Crippen LogP) is 3.44. The number of rotatable bonds is 7. The fourth-order valence-corrected chi connectivity index (χ4v) is 3.11. The van der Waals surface area contributed by atoms with Crippen molar-refractivity contribution in [1.82, 2.24) is 19.9 Å². The van der Waals surface area contributed by atoms with Gasteiger partial charge >= 0.3 is 0 Å². The van der Waals surface area contributed by atoms with Crippen LogP contribution < -0.4 is 4.74 Å². The Labute approximate surface area is 155 Å². The quantitative estimate of drug-likeness (QED) is 0.599. The lowest BCUT2D eigenvalue weighted by atomic mass is 10.2. The molecular formula is C19H18N4O2S. The van der Waals surface area contributed by atoms with Crippen molar-refractivity contribution in [3.05, 3.63) is 72.0 Å². The Morgan fingerprint density at radius 3 is 2.65 bits per heavy atom. The Hall–Kier alpha value is -3.06. The Morgan fingerprint density at radius 1 is 1.27 bits per heavy atom. The molecule has 0 fully saturated rings. The van der Waals surface area contributed by atoms with Crippen LogP contribution in [0.3, 0.4) is 0 Å². The molecule has 0 radical (unpaired) electrons. The average Bonchev–Trinajstić information content (AvgIpc) is 3.18. The maximum Gasteiger partial charge on any atom is 0.273 e. The number of thiazole rings is 1. The van der Waals surface area contributed by atoms with Crippen LogP contribution in [0.4, 0.5) is 0 Å². The Morgan fingerprint density at radius 2 is 2.00 bits per heavy atom. The van der Waals surface area contributed by atoms with Crippen LogP contribution in [0, 0.1) is 0 Å². The highest BCUT2D eigenvalue weighted by Crippen LogP contribution is 2.21. The van der Waals surface area contributed by atoms with Crippen molar-refractivity contribution in [3.8, 4) is 16.6 Å². The minimum absolute atomic E-state index is 0.154. The average molecular weight is 366 g/mol. The molecule has 1 amide bonds. The number of hydrogen-bond acceptors (Lipinski definition) is 6. The molecule has 1 aromatic carbocycles. The number of hydrogen-bond donors (Lipinski definition) is 0. The van der Waals surface area contributed by atoms with Crippen LogP contribution in [0.5, 0.6) is 5.75 Å². The van der Waals surface area contributed by atoms with E-state index in [0.29, 0.717) is 29.6 Å². The van der Waals surface area contributed by atoms with Crippen LogP contribution >= 0.6 is 11.3 Å². The van der Waals surface area contributed by atoms with Crippen LogP contribution in [-0.4, -0.2) is 39.4 Å². The van der Waals surface area contributed by atoms with Gasteiger partial charge in [-0.25, -0.2) is 15.0 Å². The fraction of sp³-hybridized carbons (Fsp3) is 0.158. The molecule has 0 saturated carbocycles. The monoisotopic (exact) mass is 366 g/mol. The number of aromatic nitrogens is 3. The van der Waals surface area contributed by atoms with Gasteiger partial charge in [-0.05, 0) is 23.8 Å². The number of ether oxygens (including phenoxy) is 1. The minimum atomic E-state index is -0.154. The molecule has 0 bridgehead atoms. The van der Waals surface area contributed by atoms with Crippen LogP contribution in [0.25, 0.3) is 10.8 Å². The zero-order valence-electron chi connectivity index (χ0n) is 14.3. The van der Waals surface area contributed by atoms with Gasteiger partial charge in [0, 0.05) is 30.9 Å². The maximum absolute atomic E-state index is 12.9. The second kappa shape index (κ2) is 8.35.